The first-order valence-electron chi connectivity index (χ1n) is 12.8. The molecule has 2 heterocycles. The van der Waals surface area contributed by atoms with Crippen molar-refractivity contribution in [1.29, 1.82) is 5.26 Å². The van der Waals surface area contributed by atoms with Gasteiger partial charge in [0.15, 0.2) is 5.78 Å². The van der Waals surface area contributed by atoms with Crippen molar-refractivity contribution in [2.45, 2.75) is 32.4 Å². The first kappa shape index (κ1) is 31.1. The van der Waals surface area contributed by atoms with Crippen molar-refractivity contribution in [3.05, 3.63) is 71.5 Å². The minimum absolute atomic E-state index is 0.0173. The van der Waals surface area contributed by atoms with Crippen LogP contribution < -0.4 is 10.6 Å². The molecule has 0 saturated carbocycles. The molecule has 0 unspecified atom stereocenters. The van der Waals surface area contributed by atoms with Gasteiger partial charge in [-0.15, -0.1) is 0 Å². The second kappa shape index (κ2) is 11.4. The number of rotatable bonds is 9. The molecule has 0 radical (unpaired) electrons. The normalized spacial score (nSPS) is 12.2. The van der Waals surface area contributed by atoms with Crippen molar-refractivity contribution in [1.82, 2.24) is 10.3 Å². The summed E-state index contributed by atoms with van der Waals surface area (Å²) in [7, 11) is 1.34. The lowest BCUT2D eigenvalue weighted by molar-refractivity contribution is -0.275. The molecule has 0 saturated heterocycles. The third-order valence-electron chi connectivity index (χ3n) is 6.54. The number of ketones is 1. The Labute approximate surface area is 241 Å². The lowest BCUT2D eigenvalue weighted by Gasteiger charge is -2.21. The highest BCUT2D eigenvalue weighted by Gasteiger charge is 2.57. The van der Waals surface area contributed by atoms with E-state index in [1.807, 2.05) is 11.4 Å². The van der Waals surface area contributed by atoms with Gasteiger partial charge in [-0.3, -0.25) is 9.59 Å². The van der Waals surface area contributed by atoms with Gasteiger partial charge in [0, 0.05) is 30.2 Å². The van der Waals surface area contributed by atoms with Gasteiger partial charge < -0.3 is 15.1 Å². The Kier molecular flexibility index (Phi) is 8.26. The molecule has 2 N–H and O–H groups in total. The molecule has 0 aliphatic heterocycles. The summed E-state index contributed by atoms with van der Waals surface area (Å²) in [6.45, 7) is 1.28. The van der Waals surface area contributed by atoms with Gasteiger partial charge in [-0.2, -0.15) is 32.2 Å². The molecule has 2 aromatic heterocycles. The number of alkyl halides is 5. The molecule has 0 aliphatic carbocycles. The molecule has 2 aromatic carbocycles. The van der Waals surface area contributed by atoms with E-state index < -0.39 is 47.4 Å². The molecule has 0 aliphatic rings. The number of hydrogen-bond donors (Lipinski definition) is 2. The van der Waals surface area contributed by atoms with E-state index in [9.17, 15) is 41.2 Å². The van der Waals surface area contributed by atoms with E-state index in [0.717, 1.165) is 12.1 Å². The SMILES string of the molecule is CNC(=O)c1c(-c2ccc(F)cc2)oc2nc(NCC(F)(F)C(F)(F)F)c(-c3cccc(C(=O)CC(C)(C)C#N)c3)cc12. The molecule has 13 heteroatoms. The number of anilines is 1. The largest absolute Gasteiger partial charge is 0.455 e. The van der Waals surface area contributed by atoms with Gasteiger partial charge in [-0.25, -0.2) is 4.39 Å². The van der Waals surface area contributed by atoms with Crippen molar-refractivity contribution in [2.24, 2.45) is 5.41 Å². The third-order valence-corrected chi connectivity index (χ3v) is 6.54. The zero-order chi connectivity index (χ0) is 31.7. The number of nitriles is 1. The average molecular weight is 603 g/mol. The summed E-state index contributed by atoms with van der Waals surface area (Å²) in [5.41, 5.74) is -0.713. The van der Waals surface area contributed by atoms with Gasteiger partial charge in [0.2, 0.25) is 5.71 Å². The summed E-state index contributed by atoms with van der Waals surface area (Å²) in [6.07, 6.45) is -5.99. The molecule has 7 nitrogen and oxygen atoms in total. The van der Waals surface area contributed by atoms with Crippen molar-refractivity contribution in [2.75, 3.05) is 18.9 Å². The Morgan fingerprint density at radius 1 is 1.00 bits per heavy atom. The Balaban J connectivity index is 1.93. The van der Waals surface area contributed by atoms with Crippen LogP contribution in [0.4, 0.5) is 32.2 Å². The van der Waals surface area contributed by atoms with Gasteiger partial charge in [0.25, 0.3) is 5.91 Å². The average Bonchev–Trinajstić information content (AvgIpc) is 3.33. The van der Waals surface area contributed by atoms with Gasteiger partial charge in [0.05, 0.1) is 29.0 Å². The quantitative estimate of drug-likeness (QED) is 0.153. The third kappa shape index (κ3) is 6.48. The molecule has 0 spiro atoms. The monoisotopic (exact) mass is 602 g/mol. The second-order valence-corrected chi connectivity index (χ2v) is 10.4. The standard InChI is InChI=1S/C30H24F6N4O3/c1-28(2,14-37)13-22(41)18-6-4-5-17(11-18)20-12-21-23(26(42)38-3)24(16-7-9-19(31)10-8-16)43-27(21)40-25(20)39-15-29(32,33)30(34,35)36/h4-12H,13,15H2,1-3H3,(H,38,42)(H,39,40). The second-order valence-electron chi connectivity index (χ2n) is 10.4. The van der Waals surface area contributed by atoms with Gasteiger partial charge in [-0.05, 0) is 55.8 Å². The van der Waals surface area contributed by atoms with Crippen molar-refractivity contribution in [3.63, 3.8) is 0 Å². The number of fused-ring (bicyclic) bond motifs is 1. The number of carbonyl (C=O) groups is 2. The molecule has 0 fully saturated rings. The number of Topliss-reactive ketones (excluding diaryl/α,β-unsaturated/α-hetero) is 1. The summed E-state index contributed by atoms with van der Waals surface area (Å²) in [5, 5.41) is 13.9. The van der Waals surface area contributed by atoms with Crippen LogP contribution in [0.1, 0.15) is 41.0 Å². The first-order valence-corrected chi connectivity index (χ1v) is 12.8. The van der Waals surface area contributed by atoms with Gasteiger partial charge in [0.1, 0.15) is 17.4 Å². The highest BCUT2D eigenvalue weighted by molar-refractivity contribution is 6.11. The van der Waals surface area contributed by atoms with E-state index in [1.165, 1.54) is 49.5 Å². The number of amides is 1. The first-order chi connectivity index (χ1) is 20.1. The van der Waals surface area contributed by atoms with Gasteiger partial charge in [-0.1, -0.05) is 18.2 Å². The number of benzene rings is 2. The topological polar surface area (TPSA) is 108 Å². The molecule has 0 bridgehead atoms. The summed E-state index contributed by atoms with van der Waals surface area (Å²) < 4.78 is 86.0. The Morgan fingerprint density at radius 3 is 2.28 bits per heavy atom. The smallest absolute Gasteiger partial charge is 0.437 e. The van der Waals surface area contributed by atoms with Crippen LogP contribution in [-0.4, -0.2) is 42.4 Å². The lowest BCUT2D eigenvalue weighted by atomic mass is 9.86. The van der Waals surface area contributed by atoms with Crippen molar-refractivity contribution in [3.8, 4) is 28.5 Å². The molecule has 224 valence electrons. The van der Waals surface area contributed by atoms with E-state index in [0.29, 0.717) is 0 Å². The minimum atomic E-state index is -5.85. The van der Waals surface area contributed by atoms with Crippen LogP contribution in [0.5, 0.6) is 0 Å². The van der Waals surface area contributed by atoms with Crippen LogP contribution in [0, 0.1) is 22.6 Å². The fourth-order valence-electron chi connectivity index (χ4n) is 4.23. The van der Waals surface area contributed by atoms with E-state index in [4.69, 9.17) is 4.42 Å². The Morgan fingerprint density at radius 2 is 1.67 bits per heavy atom. The van der Waals surface area contributed by atoms with E-state index in [-0.39, 0.29) is 51.1 Å². The summed E-state index contributed by atoms with van der Waals surface area (Å²) in [6, 6.07) is 14.1. The highest BCUT2D eigenvalue weighted by atomic mass is 19.4. The number of halogens is 6. The molecule has 43 heavy (non-hydrogen) atoms. The predicted molar refractivity (Wildman–Crippen MR) is 146 cm³/mol. The van der Waals surface area contributed by atoms with Gasteiger partial charge >= 0.3 is 12.1 Å². The predicted octanol–water partition coefficient (Wildman–Crippen LogP) is 7.39. The Bertz CT molecular complexity index is 1740. The number of furan rings is 1. The molecular weight excluding hydrogens is 578 g/mol. The fraction of sp³-hybridized carbons (Fsp3) is 0.267. The number of nitrogens with zero attached hydrogens (tertiary/aromatic N) is 2. The number of nitrogens with one attached hydrogen (secondary N) is 2. The van der Waals surface area contributed by atoms with E-state index in [1.54, 1.807) is 13.8 Å². The maximum absolute atomic E-state index is 13.9. The lowest BCUT2D eigenvalue weighted by Crippen LogP contribution is -2.42. The number of pyridine rings is 1. The molecule has 1 amide bonds. The van der Waals surface area contributed by atoms with Crippen LogP contribution in [0.25, 0.3) is 33.6 Å². The Hall–Kier alpha value is -4.86. The van der Waals surface area contributed by atoms with E-state index in [2.05, 4.69) is 10.3 Å². The zero-order valence-corrected chi connectivity index (χ0v) is 23.0. The summed E-state index contributed by atoms with van der Waals surface area (Å²) in [5.74, 6) is -7.23. The van der Waals surface area contributed by atoms with Crippen LogP contribution in [0.15, 0.2) is 59.0 Å². The summed E-state index contributed by atoms with van der Waals surface area (Å²) in [4.78, 5) is 30.1. The molecular formula is C30H24F6N4O3. The maximum Gasteiger partial charge on any atom is 0.455 e. The minimum Gasteiger partial charge on any atom is -0.437 e. The zero-order valence-electron chi connectivity index (χ0n) is 23.0. The summed E-state index contributed by atoms with van der Waals surface area (Å²) >= 11 is 0. The number of aromatic nitrogens is 1. The number of hydrogen-bond acceptors (Lipinski definition) is 6. The van der Waals surface area contributed by atoms with Crippen molar-refractivity contribution < 1.29 is 40.3 Å². The fourth-order valence-corrected chi connectivity index (χ4v) is 4.23. The molecule has 0 atom stereocenters. The van der Waals surface area contributed by atoms with E-state index >= 15 is 0 Å². The molecule has 4 rings (SSSR count). The van der Waals surface area contributed by atoms with Crippen molar-refractivity contribution >= 4 is 28.6 Å². The maximum atomic E-state index is 13.9. The van der Waals surface area contributed by atoms with Crippen LogP contribution in [-0.2, 0) is 0 Å². The van der Waals surface area contributed by atoms with Crippen LogP contribution in [0.2, 0.25) is 0 Å². The molecule has 4 aromatic rings. The highest BCUT2D eigenvalue weighted by Crippen LogP contribution is 2.40. The van der Waals surface area contributed by atoms with Crippen LogP contribution in [0.3, 0.4) is 0 Å². The van der Waals surface area contributed by atoms with Crippen LogP contribution >= 0.6 is 0 Å². The number of carbonyl (C=O) groups excluding carboxylic acids is 2.